The summed E-state index contributed by atoms with van der Waals surface area (Å²) in [4.78, 5) is 4.55. The van der Waals surface area contributed by atoms with E-state index in [0.717, 1.165) is 52.2 Å². The number of nitrogens with zero attached hydrogens (tertiary/aromatic N) is 2. The number of aliphatic hydroxyl groups is 1. The normalized spacial score (nSPS) is 15.0. The molecule has 2 aromatic carbocycles. The SMILES string of the molecule is CC(C)Oc1ccc(-c2ccc3ncc(-c4ccc(C5(O)CC5)cc4)n3c2)cc1. The van der Waals surface area contributed by atoms with Gasteiger partial charge in [0, 0.05) is 11.8 Å². The zero-order valence-electron chi connectivity index (χ0n) is 16.7. The molecule has 5 rings (SSSR count). The highest BCUT2D eigenvalue weighted by atomic mass is 16.5. The van der Waals surface area contributed by atoms with E-state index in [2.05, 4.69) is 45.9 Å². The van der Waals surface area contributed by atoms with Crippen LogP contribution in [0.3, 0.4) is 0 Å². The van der Waals surface area contributed by atoms with E-state index >= 15 is 0 Å². The molecule has 2 heterocycles. The predicted octanol–water partition coefficient (Wildman–Crippen LogP) is 5.44. The van der Waals surface area contributed by atoms with Crippen molar-refractivity contribution in [3.8, 4) is 28.1 Å². The molecule has 0 saturated heterocycles. The van der Waals surface area contributed by atoms with Gasteiger partial charge < -0.3 is 9.84 Å². The summed E-state index contributed by atoms with van der Waals surface area (Å²) in [7, 11) is 0. The molecule has 1 aliphatic carbocycles. The van der Waals surface area contributed by atoms with Crippen LogP contribution in [-0.4, -0.2) is 20.6 Å². The Morgan fingerprint density at radius 3 is 2.21 bits per heavy atom. The van der Waals surface area contributed by atoms with Crippen molar-refractivity contribution in [1.82, 2.24) is 9.38 Å². The summed E-state index contributed by atoms with van der Waals surface area (Å²) in [6.45, 7) is 4.06. The van der Waals surface area contributed by atoms with E-state index in [-0.39, 0.29) is 6.10 Å². The minimum atomic E-state index is -0.601. The number of hydrogen-bond acceptors (Lipinski definition) is 3. The van der Waals surface area contributed by atoms with E-state index in [0.29, 0.717) is 0 Å². The first kappa shape index (κ1) is 18.0. The van der Waals surface area contributed by atoms with Gasteiger partial charge in [0.2, 0.25) is 0 Å². The standard InChI is InChI=1S/C25H24N2O2/c1-17(2)29-22-10-5-18(6-11-22)20-7-12-24-26-15-23(27(24)16-20)19-3-8-21(9-4-19)25(28)13-14-25/h3-12,15-17,28H,13-14H2,1-2H3. The van der Waals surface area contributed by atoms with Crippen LogP contribution >= 0.6 is 0 Å². The number of aromatic nitrogens is 2. The van der Waals surface area contributed by atoms with Crippen LogP contribution in [0.25, 0.3) is 28.0 Å². The molecule has 1 N–H and O–H groups in total. The predicted molar refractivity (Wildman–Crippen MR) is 115 cm³/mol. The topological polar surface area (TPSA) is 46.8 Å². The van der Waals surface area contributed by atoms with E-state index in [9.17, 15) is 5.11 Å². The van der Waals surface area contributed by atoms with Gasteiger partial charge in [0.1, 0.15) is 11.4 Å². The molecule has 4 heteroatoms. The summed E-state index contributed by atoms with van der Waals surface area (Å²) in [6.07, 6.45) is 5.90. The Hall–Kier alpha value is -3.11. The zero-order chi connectivity index (χ0) is 20.0. The van der Waals surface area contributed by atoms with E-state index in [1.54, 1.807) is 0 Å². The molecule has 1 saturated carbocycles. The molecule has 29 heavy (non-hydrogen) atoms. The number of hydrogen-bond donors (Lipinski definition) is 1. The fourth-order valence-electron chi connectivity index (χ4n) is 3.72. The third-order valence-corrected chi connectivity index (χ3v) is 5.51. The van der Waals surface area contributed by atoms with Crippen molar-refractivity contribution >= 4 is 5.65 Å². The van der Waals surface area contributed by atoms with Gasteiger partial charge >= 0.3 is 0 Å². The van der Waals surface area contributed by atoms with E-state index in [4.69, 9.17) is 4.74 Å². The monoisotopic (exact) mass is 384 g/mol. The molecule has 146 valence electrons. The first-order chi connectivity index (χ1) is 14.0. The summed E-state index contributed by atoms with van der Waals surface area (Å²) in [5.41, 5.74) is 5.69. The van der Waals surface area contributed by atoms with Crippen LogP contribution in [0, 0.1) is 0 Å². The van der Waals surface area contributed by atoms with E-state index < -0.39 is 5.60 Å². The maximum Gasteiger partial charge on any atom is 0.137 e. The van der Waals surface area contributed by atoms with Crippen molar-refractivity contribution in [3.05, 3.63) is 78.6 Å². The summed E-state index contributed by atoms with van der Waals surface area (Å²) >= 11 is 0. The van der Waals surface area contributed by atoms with Crippen molar-refractivity contribution < 1.29 is 9.84 Å². The number of rotatable bonds is 5. The molecule has 4 nitrogen and oxygen atoms in total. The van der Waals surface area contributed by atoms with Crippen LogP contribution in [0.2, 0.25) is 0 Å². The lowest BCUT2D eigenvalue weighted by atomic mass is 10.0. The Morgan fingerprint density at radius 2 is 1.55 bits per heavy atom. The van der Waals surface area contributed by atoms with Crippen LogP contribution in [0.5, 0.6) is 5.75 Å². The van der Waals surface area contributed by atoms with Crippen LogP contribution in [0.4, 0.5) is 0 Å². The smallest absolute Gasteiger partial charge is 0.137 e. The fraction of sp³-hybridized carbons (Fsp3) is 0.240. The lowest BCUT2D eigenvalue weighted by Crippen LogP contribution is -2.05. The van der Waals surface area contributed by atoms with Gasteiger partial charge in [-0.05, 0) is 67.6 Å². The minimum absolute atomic E-state index is 0.165. The lowest BCUT2D eigenvalue weighted by molar-refractivity contribution is 0.151. The van der Waals surface area contributed by atoms with E-state index in [1.807, 2.05) is 50.4 Å². The Balaban J connectivity index is 1.49. The van der Waals surface area contributed by atoms with Gasteiger partial charge in [-0.1, -0.05) is 36.4 Å². The highest BCUT2D eigenvalue weighted by Gasteiger charge is 2.41. The van der Waals surface area contributed by atoms with Gasteiger partial charge in [0.25, 0.3) is 0 Å². The number of pyridine rings is 1. The average molecular weight is 384 g/mol. The molecular weight excluding hydrogens is 360 g/mol. The highest BCUT2D eigenvalue weighted by Crippen LogP contribution is 2.45. The molecule has 1 fully saturated rings. The molecule has 0 spiro atoms. The van der Waals surface area contributed by atoms with Crippen molar-refractivity contribution in [2.75, 3.05) is 0 Å². The molecule has 0 amide bonds. The second-order valence-corrected chi connectivity index (χ2v) is 8.09. The Labute approximate surface area is 170 Å². The Bertz CT molecular complexity index is 1150. The summed E-state index contributed by atoms with van der Waals surface area (Å²) in [5, 5.41) is 10.3. The molecule has 0 atom stereocenters. The summed E-state index contributed by atoms with van der Waals surface area (Å²) in [5.74, 6) is 0.880. The molecule has 0 radical (unpaired) electrons. The second-order valence-electron chi connectivity index (χ2n) is 8.09. The molecule has 1 aliphatic rings. The fourth-order valence-corrected chi connectivity index (χ4v) is 3.72. The van der Waals surface area contributed by atoms with Gasteiger partial charge in [0.15, 0.2) is 0 Å². The Kier molecular flexibility index (Phi) is 4.18. The van der Waals surface area contributed by atoms with Crippen molar-refractivity contribution in [2.45, 2.75) is 38.4 Å². The summed E-state index contributed by atoms with van der Waals surface area (Å²) < 4.78 is 7.86. The first-order valence-corrected chi connectivity index (χ1v) is 10.1. The maximum absolute atomic E-state index is 10.3. The lowest BCUT2D eigenvalue weighted by Gasteiger charge is -2.11. The molecule has 2 aromatic heterocycles. The van der Waals surface area contributed by atoms with Gasteiger partial charge in [-0.25, -0.2) is 4.98 Å². The first-order valence-electron chi connectivity index (χ1n) is 10.1. The average Bonchev–Trinajstić information content (AvgIpc) is 3.34. The van der Waals surface area contributed by atoms with Gasteiger partial charge in [-0.15, -0.1) is 0 Å². The molecule has 0 unspecified atom stereocenters. The third-order valence-electron chi connectivity index (χ3n) is 5.51. The molecule has 0 bridgehead atoms. The minimum Gasteiger partial charge on any atom is -0.491 e. The van der Waals surface area contributed by atoms with Crippen LogP contribution < -0.4 is 4.74 Å². The maximum atomic E-state index is 10.3. The number of ether oxygens (including phenoxy) is 1. The summed E-state index contributed by atoms with van der Waals surface area (Å²) in [6, 6.07) is 20.5. The highest BCUT2D eigenvalue weighted by molar-refractivity contribution is 5.69. The van der Waals surface area contributed by atoms with Crippen LogP contribution in [0.1, 0.15) is 32.3 Å². The van der Waals surface area contributed by atoms with Crippen LogP contribution in [0.15, 0.2) is 73.1 Å². The molecule has 0 aliphatic heterocycles. The quantitative estimate of drug-likeness (QED) is 0.499. The van der Waals surface area contributed by atoms with Crippen molar-refractivity contribution in [1.29, 1.82) is 0 Å². The zero-order valence-corrected chi connectivity index (χ0v) is 16.7. The molecule has 4 aromatic rings. The van der Waals surface area contributed by atoms with Crippen molar-refractivity contribution in [3.63, 3.8) is 0 Å². The number of benzene rings is 2. The van der Waals surface area contributed by atoms with Crippen molar-refractivity contribution in [2.24, 2.45) is 0 Å². The second kappa shape index (κ2) is 6.75. The van der Waals surface area contributed by atoms with E-state index in [1.165, 1.54) is 0 Å². The van der Waals surface area contributed by atoms with Gasteiger partial charge in [-0.2, -0.15) is 0 Å². The van der Waals surface area contributed by atoms with Gasteiger partial charge in [0.05, 0.1) is 23.6 Å². The van der Waals surface area contributed by atoms with Gasteiger partial charge in [-0.3, -0.25) is 4.40 Å². The molecular formula is C25H24N2O2. The van der Waals surface area contributed by atoms with Crippen LogP contribution in [-0.2, 0) is 5.60 Å². The number of imidazole rings is 1. The Morgan fingerprint density at radius 1 is 0.897 bits per heavy atom. The number of fused-ring (bicyclic) bond motifs is 1. The largest absolute Gasteiger partial charge is 0.491 e. The third kappa shape index (κ3) is 3.40.